The summed E-state index contributed by atoms with van der Waals surface area (Å²) in [4.78, 5) is 15.5. The van der Waals surface area contributed by atoms with Gasteiger partial charge in [-0.1, -0.05) is 18.2 Å². The molecule has 1 aliphatic heterocycles. The number of aliphatic hydroxyl groups is 1. The highest BCUT2D eigenvalue weighted by atomic mass is 16.5. The lowest BCUT2D eigenvalue weighted by Gasteiger charge is -2.18. The van der Waals surface area contributed by atoms with Gasteiger partial charge >= 0.3 is 0 Å². The van der Waals surface area contributed by atoms with Crippen molar-refractivity contribution < 1.29 is 19.1 Å². The van der Waals surface area contributed by atoms with Gasteiger partial charge in [-0.05, 0) is 50.5 Å². The van der Waals surface area contributed by atoms with E-state index in [0.717, 1.165) is 35.5 Å². The summed E-state index contributed by atoms with van der Waals surface area (Å²) in [7, 11) is 0. The summed E-state index contributed by atoms with van der Waals surface area (Å²) >= 11 is 0. The lowest BCUT2D eigenvalue weighted by Crippen LogP contribution is -2.43. The minimum Gasteiger partial charge on any atom is -0.493 e. The summed E-state index contributed by atoms with van der Waals surface area (Å²) < 4.78 is 11.0. The largest absolute Gasteiger partial charge is 0.493 e. The number of para-hydroxylation sites is 1. The molecule has 0 aliphatic carbocycles. The van der Waals surface area contributed by atoms with Crippen molar-refractivity contribution in [2.24, 2.45) is 0 Å². The van der Waals surface area contributed by atoms with E-state index in [2.05, 4.69) is 22.4 Å². The molecule has 148 valence electrons. The van der Waals surface area contributed by atoms with Gasteiger partial charge in [0, 0.05) is 30.6 Å². The second-order valence-electron chi connectivity index (χ2n) is 7.29. The lowest BCUT2D eigenvalue weighted by atomic mass is 10.1. The van der Waals surface area contributed by atoms with Crippen LogP contribution >= 0.6 is 0 Å². The van der Waals surface area contributed by atoms with Crippen molar-refractivity contribution in [1.29, 1.82) is 0 Å². The van der Waals surface area contributed by atoms with E-state index in [9.17, 15) is 9.90 Å². The predicted octanol–water partition coefficient (Wildman–Crippen LogP) is 3.62. The number of nitrogens with zero attached hydrogens (tertiary/aromatic N) is 1. The SMILES string of the molecule is CC(C)(O)NC(=O)CCc1cc2cnccc2o1.c1ccc2c(c1)CCCO2. The first-order chi connectivity index (χ1) is 13.4. The van der Waals surface area contributed by atoms with Crippen LogP contribution in [0.4, 0.5) is 0 Å². The van der Waals surface area contributed by atoms with Crippen LogP contribution in [0, 0.1) is 0 Å². The number of nitrogens with one attached hydrogen (secondary N) is 1. The molecule has 1 amide bonds. The first kappa shape index (κ1) is 19.9. The van der Waals surface area contributed by atoms with E-state index in [1.54, 1.807) is 18.5 Å². The van der Waals surface area contributed by atoms with Crippen molar-refractivity contribution in [2.75, 3.05) is 6.61 Å². The van der Waals surface area contributed by atoms with Gasteiger partial charge in [0.15, 0.2) is 0 Å². The monoisotopic (exact) mass is 382 g/mol. The van der Waals surface area contributed by atoms with Crippen LogP contribution < -0.4 is 10.1 Å². The Bertz CT molecular complexity index is 869. The molecule has 0 bridgehead atoms. The Balaban J connectivity index is 0.000000188. The van der Waals surface area contributed by atoms with E-state index < -0.39 is 5.72 Å². The quantitative estimate of drug-likeness (QED) is 0.673. The first-order valence-corrected chi connectivity index (χ1v) is 9.47. The van der Waals surface area contributed by atoms with Gasteiger partial charge in [-0.25, -0.2) is 0 Å². The Morgan fingerprint density at radius 1 is 1.29 bits per heavy atom. The molecule has 0 saturated heterocycles. The van der Waals surface area contributed by atoms with Gasteiger partial charge in [-0.2, -0.15) is 0 Å². The number of fused-ring (bicyclic) bond motifs is 2. The Kier molecular flexibility index (Phi) is 6.31. The fourth-order valence-electron chi connectivity index (χ4n) is 3.00. The Labute approximate surface area is 164 Å². The van der Waals surface area contributed by atoms with Crippen molar-refractivity contribution in [2.45, 2.75) is 45.3 Å². The molecule has 0 spiro atoms. The Hall–Kier alpha value is -2.86. The number of benzene rings is 1. The maximum Gasteiger partial charge on any atom is 0.222 e. The second kappa shape index (κ2) is 8.89. The van der Waals surface area contributed by atoms with Gasteiger partial charge in [-0.3, -0.25) is 9.78 Å². The van der Waals surface area contributed by atoms with Crippen molar-refractivity contribution in [1.82, 2.24) is 10.3 Å². The molecule has 0 unspecified atom stereocenters. The number of ether oxygens (including phenoxy) is 1. The van der Waals surface area contributed by atoms with E-state index in [1.807, 2.05) is 18.2 Å². The zero-order valence-electron chi connectivity index (χ0n) is 16.3. The third kappa shape index (κ3) is 5.82. The van der Waals surface area contributed by atoms with E-state index in [4.69, 9.17) is 9.15 Å². The van der Waals surface area contributed by atoms with Crippen molar-refractivity contribution in [3.63, 3.8) is 0 Å². The first-order valence-electron chi connectivity index (χ1n) is 9.47. The minimum absolute atomic E-state index is 0.207. The number of rotatable bonds is 4. The molecule has 1 aromatic carbocycles. The fourth-order valence-corrected chi connectivity index (χ4v) is 3.00. The number of amides is 1. The topological polar surface area (TPSA) is 84.6 Å². The highest BCUT2D eigenvalue weighted by Crippen LogP contribution is 2.23. The summed E-state index contributed by atoms with van der Waals surface area (Å²) in [5.41, 5.74) is 0.936. The maximum atomic E-state index is 11.5. The van der Waals surface area contributed by atoms with Gasteiger partial charge in [0.2, 0.25) is 5.91 Å². The summed E-state index contributed by atoms with van der Waals surface area (Å²) in [6, 6.07) is 11.9. The molecule has 6 nitrogen and oxygen atoms in total. The number of pyridine rings is 1. The number of hydrogen-bond donors (Lipinski definition) is 2. The number of aryl methyl sites for hydroxylation is 2. The number of aromatic nitrogens is 1. The molecule has 0 saturated carbocycles. The van der Waals surface area contributed by atoms with Crippen LogP contribution in [0.1, 0.15) is 38.0 Å². The van der Waals surface area contributed by atoms with Crippen LogP contribution in [0.25, 0.3) is 11.0 Å². The van der Waals surface area contributed by atoms with Crippen LogP contribution in [0.5, 0.6) is 5.75 Å². The van der Waals surface area contributed by atoms with Gasteiger partial charge in [0.25, 0.3) is 0 Å². The smallest absolute Gasteiger partial charge is 0.222 e. The van der Waals surface area contributed by atoms with Crippen molar-refractivity contribution in [3.05, 3.63) is 60.1 Å². The minimum atomic E-state index is -1.19. The van der Waals surface area contributed by atoms with Crippen LogP contribution in [0.15, 0.2) is 53.2 Å². The van der Waals surface area contributed by atoms with Crippen LogP contribution in [0.3, 0.4) is 0 Å². The molecule has 0 radical (unpaired) electrons. The number of carbonyl (C=O) groups is 1. The fraction of sp³-hybridized carbons (Fsp3) is 0.364. The van der Waals surface area contributed by atoms with Gasteiger partial charge < -0.3 is 19.6 Å². The van der Waals surface area contributed by atoms with E-state index in [1.165, 1.54) is 25.8 Å². The average molecular weight is 382 g/mol. The average Bonchev–Trinajstić information content (AvgIpc) is 3.09. The molecule has 3 aromatic rings. The third-order valence-corrected chi connectivity index (χ3v) is 4.23. The van der Waals surface area contributed by atoms with Crippen molar-refractivity contribution >= 4 is 16.9 Å². The highest BCUT2D eigenvalue weighted by molar-refractivity contribution is 5.78. The summed E-state index contributed by atoms with van der Waals surface area (Å²) in [5, 5.41) is 12.8. The summed E-state index contributed by atoms with van der Waals surface area (Å²) in [5.74, 6) is 1.61. The number of hydrogen-bond acceptors (Lipinski definition) is 5. The van der Waals surface area contributed by atoms with E-state index >= 15 is 0 Å². The normalized spacial score (nSPS) is 13.1. The van der Waals surface area contributed by atoms with Gasteiger partial charge in [0.05, 0.1) is 6.61 Å². The third-order valence-electron chi connectivity index (χ3n) is 4.23. The zero-order valence-corrected chi connectivity index (χ0v) is 16.3. The molecular formula is C22H26N2O4. The van der Waals surface area contributed by atoms with E-state index in [0.29, 0.717) is 6.42 Å². The molecule has 2 N–H and O–H groups in total. The molecule has 6 heteroatoms. The Morgan fingerprint density at radius 2 is 2.11 bits per heavy atom. The highest BCUT2D eigenvalue weighted by Gasteiger charge is 2.16. The molecule has 2 aromatic heterocycles. The van der Waals surface area contributed by atoms with Crippen molar-refractivity contribution in [3.8, 4) is 5.75 Å². The molecule has 4 rings (SSSR count). The molecule has 1 aliphatic rings. The standard InChI is InChI=1S/C13H16N2O3.C9H10O/c1-13(2,17)15-12(16)4-3-10-7-9-8-14-6-5-11(9)18-10;1-2-6-9-8(4-1)5-3-7-10-9/h5-8,17H,3-4H2,1-2H3,(H,15,16);1-2,4,6H,3,5,7H2. The molecule has 0 atom stereocenters. The summed E-state index contributed by atoms with van der Waals surface area (Å²) in [6.45, 7) is 3.94. The predicted molar refractivity (Wildman–Crippen MR) is 107 cm³/mol. The number of furan rings is 1. The summed E-state index contributed by atoms with van der Waals surface area (Å²) in [6.07, 6.45) is 6.50. The molecule has 28 heavy (non-hydrogen) atoms. The second-order valence-corrected chi connectivity index (χ2v) is 7.29. The molecular weight excluding hydrogens is 356 g/mol. The molecule has 0 fully saturated rings. The lowest BCUT2D eigenvalue weighted by molar-refractivity contribution is -0.127. The maximum absolute atomic E-state index is 11.5. The van der Waals surface area contributed by atoms with Gasteiger partial charge in [0.1, 0.15) is 22.8 Å². The zero-order chi connectivity index (χ0) is 20.0. The van der Waals surface area contributed by atoms with E-state index in [-0.39, 0.29) is 12.3 Å². The molecule has 3 heterocycles. The Morgan fingerprint density at radius 3 is 2.86 bits per heavy atom. The van der Waals surface area contributed by atoms with Crippen LogP contribution in [-0.4, -0.2) is 28.3 Å². The van der Waals surface area contributed by atoms with Crippen LogP contribution in [0.2, 0.25) is 0 Å². The van der Waals surface area contributed by atoms with Gasteiger partial charge in [-0.15, -0.1) is 0 Å². The number of carbonyl (C=O) groups excluding carboxylic acids is 1. The van der Waals surface area contributed by atoms with Crippen LogP contribution in [-0.2, 0) is 17.6 Å².